The fraction of sp³-hybridized carbons (Fsp3) is 0.111. The average Bonchev–Trinajstić information content (AvgIpc) is 2.85. The Morgan fingerprint density at radius 3 is 2.32 bits per heavy atom. The fourth-order valence-corrected chi connectivity index (χ4v) is 2.77. The summed E-state index contributed by atoms with van der Waals surface area (Å²) in [6, 6.07) is 10.5. The lowest BCUT2D eigenvalue weighted by Crippen LogP contribution is -2.06. The van der Waals surface area contributed by atoms with Crippen molar-refractivity contribution < 1.29 is 19.6 Å². The van der Waals surface area contributed by atoms with Gasteiger partial charge in [-0.15, -0.1) is 0 Å². The highest BCUT2D eigenvalue weighted by Gasteiger charge is 2.26. The highest BCUT2D eigenvalue weighted by molar-refractivity contribution is 6.20. The molecule has 2 aromatic carbocycles. The molecule has 25 heavy (non-hydrogen) atoms. The van der Waals surface area contributed by atoms with E-state index in [2.05, 4.69) is 0 Å². The van der Waals surface area contributed by atoms with Gasteiger partial charge in [0.1, 0.15) is 0 Å². The predicted molar refractivity (Wildman–Crippen MR) is 91.2 cm³/mol. The topological polar surface area (TPSA) is 102 Å². The number of ketones is 1. The van der Waals surface area contributed by atoms with Gasteiger partial charge in [-0.1, -0.05) is 29.8 Å². The second-order valence-corrected chi connectivity index (χ2v) is 5.71. The van der Waals surface area contributed by atoms with E-state index in [-0.39, 0.29) is 22.2 Å². The molecule has 7 nitrogen and oxygen atoms in total. The average molecular weight is 338 g/mol. The molecule has 3 rings (SSSR count). The van der Waals surface area contributed by atoms with Gasteiger partial charge in [0.2, 0.25) is 11.8 Å². The number of rotatable bonds is 3. The van der Waals surface area contributed by atoms with Crippen LogP contribution in [0.5, 0.6) is 5.88 Å². The molecule has 0 aliphatic carbocycles. The maximum absolute atomic E-state index is 12.9. The molecule has 7 heteroatoms. The quantitative estimate of drug-likeness (QED) is 0.447. The van der Waals surface area contributed by atoms with Gasteiger partial charge in [0, 0.05) is 30.0 Å². The van der Waals surface area contributed by atoms with Crippen LogP contribution < -0.4 is 0 Å². The minimum atomic E-state index is -0.596. The largest absolute Gasteiger partial charge is 0.494 e. The lowest BCUT2D eigenvalue weighted by molar-refractivity contribution is -0.384. The summed E-state index contributed by atoms with van der Waals surface area (Å²) in [5.41, 5.74) is 1.16. The van der Waals surface area contributed by atoms with Crippen LogP contribution in [0, 0.1) is 17.0 Å². The van der Waals surface area contributed by atoms with E-state index in [9.17, 15) is 24.8 Å². The van der Waals surface area contributed by atoms with E-state index in [1.165, 1.54) is 25.1 Å². The monoisotopic (exact) mass is 338 g/mol. The van der Waals surface area contributed by atoms with E-state index in [0.717, 1.165) is 10.1 Å². The zero-order valence-corrected chi connectivity index (χ0v) is 13.5. The minimum absolute atomic E-state index is 0.127. The third-order valence-electron chi connectivity index (χ3n) is 3.99. The molecule has 0 aliphatic heterocycles. The maximum atomic E-state index is 12.9. The fourth-order valence-electron chi connectivity index (χ4n) is 2.77. The molecule has 0 aliphatic rings. The zero-order valence-electron chi connectivity index (χ0n) is 13.5. The van der Waals surface area contributed by atoms with Crippen molar-refractivity contribution >= 4 is 28.3 Å². The molecule has 0 amide bonds. The molecule has 1 aromatic heterocycles. The Balaban J connectivity index is 2.32. The number of fused-ring (bicyclic) bond motifs is 1. The van der Waals surface area contributed by atoms with Crippen LogP contribution in [-0.2, 0) is 0 Å². The molecule has 1 N–H and O–H groups in total. The number of non-ortho nitro benzene ring substituents is 1. The van der Waals surface area contributed by atoms with Gasteiger partial charge in [0.05, 0.1) is 16.0 Å². The maximum Gasteiger partial charge on any atom is 0.270 e. The molecule has 0 saturated heterocycles. The number of nitrogens with zero attached hydrogens (tertiary/aromatic N) is 2. The first kappa shape index (κ1) is 16.4. The van der Waals surface area contributed by atoms with Crippen molar-refractivity contribution in [2.75, 3.05) is 0 Å². The Morgan fingerprint density at radius 2 is 1.76 bits per heavy atom. The van der Waals surface area contributed by atoms with Gasteiger partial charge >= 0.3 is 0 Å². The van der Waals surface area contributed by atoms with Crippen LogP contribution in [0.2, 0.25) is 0 Å². The number of carbonyl (C=O) groups is 2. The highest BCUT2D eigenvalue weighted by Crippen LogP contribution is 2.35. The third-order valence-corrected chi connectivity index (χ3v) is 3.99. The van der Waals surface area contributed by atoms with E-state index in [1.54, 1.807) is 24.3 Å². The molecule has 0 saturated carbocycles. The van der Waals surface area contributed by atoms with Gasteiger partial charge in [-0.2, -0.15) is 0 Å². The molecular formula is C18H14N2O5. The number of aromatic nitrogens is 1. The van der Waals surface area contributed by atoms with Crippen LogP contribution in [0.15, 0.2) is 42.5 Å². The van der Waals surface area contributed by atoms with Crippen molar-refractivity contribution in [2.24, 2.45) is 0 Å². The van der Waals surface area contributed by atoms with Crippen LogP contribution in [0.1, 0.15) is 33.2 Å². The van der Waals surface area contributed by atoms with Gasteiger partial charge in [-0.25, -0.2) is 0 Å². The van der Waals surface area contributed by atoms with Crippen LogP contribution >= 0.6 is 0 Å². The summed E-state index contributed by atoms with van der Waals surface area (Å²) in [7, 11) is 0. The summed E-state index contributed by atoms with van der Waals surface area (Å²) in [5.74, 6) is -1.53. The Bertz CT molecular complexity index is 1030. The van der Waals surface area contributed by atoms with Gasteiger partial charge in [-0.3, -0.25) is 24.3 Å². The summed E-state index contributed by atoms with van der Waals surface area (Å²) in [5, 5.41) is 21.7. The van der Waals surface area contributed by atoms with Gasteiger partial charge in [0.15, 0.2) is 5.78 Å². The molecule has 3 aromatic rings. The number of carbonyl (C=O) groups excluding carboxylic acids is 2. The van der Waals surface area contributed by atoms with Crippen LogP contribution in [0.4, 0.5) is 5.69 Å². The smallest absolute Gasteiger partial charge is 0.270 e. The number of aryl methyl sites for hydroxylation is 1. The summed E-state index contributed by atoms with van der Waals surface area (Å²) in [6.45, 7) is 3.11. The number of nitro groups is 1. The Hall–Kier alpha value is -3.48. The van der Waals surface area contributed by atoms with Crippen LogP contribution in [0.25, 0.3) is 10.9 Å². The highest BCUT2D eigenvalue weighted by atomic mass is 16.6. The molecule has 0 bridgehead atoms. The molecule has 1 heterocycles. The first-order valence-corrected chi connectivity index (χ1v) is 7.45. The summed E-state index contributed by atoms with van der Waals surface area (Å²) < 4.78 is 0.973. The lowest BCUT2D eigenvalue weighted by Gasteiger charge is -2.03. The molecule has 0 fully saturated rings. The van der Waals surface area contributed by atoms with E-state index >= 15 is 0 Å². The van der Waals surface area contributed by atoms with Crippen LogP contribution in [-0.4, -0.2) is 26.3 Å². The third kappa shape index (κ3) is 2.65. The van der Waals surface area contributed by atoms with E-state index in [0.29, 0.717) is 5.56 Å². The molecular weight excluding hydrogens is 324 g/mol. The zero-order chi connectivity index (χ0) is 18.3. The summed E-state index contributed by atoms with van der Waals surface area (Å²) in [6.07, 6.45) is 0. The van der Waals surface area contributed by atoms with Crippen molar-refractivity contribution in [1.82, 2.24) is 4.57 Å². The number of hydrogen-bond donors (Lipinski definition) is 1. The number of benzene rings is 2. The standard InChI is InChI=1S/C18H14N2O5/c1-10-3-5-12(6-4-10)17(22)16-14-9-13(20(24)25)7-8-15(14)19(11(2)21)18(16)23/h3-9,23H,1-2H3. The first-order chi connectivity index (χ1) is 11.8. The predicted octanol–water partition coefficient (Wildman–Crippen LogP) is 3.45. The lowest BCUT2D eigenvalue weighted by atomic mass is 10.0. The second kappa shape index (κ2) is 5.86. The van der Waals surface area contributed by atoms with Gasteiger partial charge in [-0.05, 0) is 13.0 Å². The van der Waals surface area contributed by atoms with Gasteiger partial charge < -0.3 is 5.11 Å². The van der Waals surface area contributed by atoms with E-state index in [1.807, 2.05) is 6.92 Å². The Morgan fingerprint density at radius 1 is 1.12 bits per heavy atom. The van der Waals surface area contributed by atoms with E-state index in [4.69, 9.17) is 0 Å². The minimum Gasteiger partial charge on any atom is -0.494 e. The normalized spacial score (nSPS) is 10.8. The number of hydrogen-bond acceptors (Lipinski definition) is 5. The van der Waals surface area contributed by atoms with Crippen LogP contribution in [0.3, 0.4) is 0 Å². The van der Waals surface area contributed by atoms with E-state index < -0.39 is 22.5 Å². The van der Waals surface area contributed by atoms with Crippen molar-refractivity contribution in [2.45, 2.75) is 13.8 Å². The molecule has 0 unspecified atom stereocenters. The number of aromatic hydroxyl groups is 1. The van der Waals surface area contributed by atoms with Crippen molar-refractivity contribution in [3.8, 4) is 5.88 Å². The van der Waals surface area contributed by atoms with Gasteiger partial charge in [0.25, 0.3) is 5.69 Å². The molecule has 0 atom stereocenters. The Labute approximate surface area is 142 Å². The number of nitro benzene ring substituents is 1. The molecule has 0 spiro atoms. The summed E-state index contributed by atoms with van der Waals surface area (Å²) in [4.78, 5) is 35.2. The van der Waals surface area contributed by atoms with Crippen molar-refractivity contribution in [3.63, 3.8) is 0 Å². The summed E-state index contributed by atoms with van der Waals surface area (Å²) >= 11 is 0. The Kier molecular flexibility index (Phi) is 3.84. The van der Waals surface area contributed by atoms with Crippen molar-refractivity contribution in [3.05, 3.63) is 69.3 Å². The SMILES string of the molecule is CC(=O)n1c(O)c(C(=O)c2ccc(C)cc2)c2cc([N+](=O)[O-])ccc21. The first-order valence-electron chi connectivity index (χ1n) is 7.45. The molecule has 126 valence electrons. The second-order valence-electron chi connectivity index (χ2n) is 5.71. The molecule has 0 radical (unpaired) electrons. The van der Waals surface area contributed by atoms with Crippen molar-refractivity contribution in [1.29, 1.82) is 0 Å².